The Labute approximate surface area is 162 Å². The van der Waals surface area contributed by atoms with Crippen molar-refractivity contribution in [3.8, 4) is 5.75 Å². The van der Waals surface area contributed by atoms with E-state index in [0.29, 0.717) is 0 Å². The van der Waals surface area contributed by atoms with Crippen LogP contribution in [0, 0.1) is 11.8 Å². The lowest BCUT2D eigenvalue weighted by Crippen LogP contribution is -2.57. The summed E-state index contributed by atoms with van der Waals surface area (Å²) in [6, 6.07) is 12.4. The van der Waals surface area contributed by atoms with Gasteiger partial charge in [0.05, 0.1) is 11.7 Å². The number of aromatic nitrogens is 1. The average Bonchev–Trinajstić information content (AvgIpc) is 2.63. The van der Waals surface area contributed by atoms with Crippen LogP contribution in [0.4, 0.5) is 0 Å². The molecule has 1 aliphatic heterocycles. The molecule has 2 fully saturated rings. The van der Waals surface area contributed by atoms with Gasteiger partial charge in [-0.1, -0.05) is 24.6 Å². The van der Waals surface area contributed by atoms with E-state index in [4.69, 9.17) is 4.74 Å². The third-order valence-electron chi connectivity index (χ3n) is 6.11. The van der Waals surface area contributed by atoms with Crippen LogP contribution in [0.5, 0.6) is 5.75 Å². The number of aliphatic hydroxyl groups is 1. The van der Waals surface area contributed by atoms with Crippen molar-refractivity contribution in [2.45, 2.75) is 51.4 Å². The molecule has 2 aliphatic rings. The fraction of sp³-hybridized carbons (Fsp3) is 0.522. The van der Waals surface area contributed by atoms with Crippen molar-refractivity contribution < 1.29 is 9.84 Å². The van der Waals surface area contributed by atoms with Gasteiger partial charge in [0, 0.05) is 49.4 Å². The molecule has 4 nitrogen and oxygen atoms in total. The average molecular weight is 367 g/mol. The number of benzene rings is 1. The zero-order valence-electron chi connectivity index (χ0n) is 16.3. The van der Waals surface area contributed by atoms with Crippen molar-refractivity contribution in [3.05, 3.63) is 59.9 Å². The van der Waals surface area contributed by atoms with Crippen LogP contribution in [0.1, 0.15) is 44.2 Å². The standard InChI is InChI=1S/C23H30N2O2/c1-17(2)27-22-10-3-6-18(12-22)14-25-15-20-7-4-8-21(16-25)23(20,26)19-9-5-11-24-13-19/h3,5-6,9-13,17,20-21,26H,4,7-8,14-16H2,1-2H3/t20-,21+,23?. The second-order valence-corrected chi connectivity index (χ2v) is 8.40. The van der Waals surface area contributed by atoms with Crippen molar-refractivity contribution in [2.75, 3.05) is 13.1 Å². The highest BCUT2D eigenvalue weighted by molar-refractivity contribution is 5.29. The van der Waals surface area contributed by atoms with Crippen molar-refractivity contribution in [2.24, 2.45) is 11.8 Å². The van der Waals surface area contributed by atoms with Gasteiger partial charge < -0.3 is 9.84 Å². The molecule has 4 heteroatoms. The first-order chi connectivity index (χ1) is 13.1. The molecule has 1 unspecified atom stereocenters. The third-order valence-corrected chi connectivity index (χ3v) is 6.11. The Morgan fingerprint density at radius 2 is 1.96 bits per heavy atom. The monoisotopic (exact) mass is 366 g/mol. The number of ether oxygens (including phenoxy) is 1. The molecule has 3 atom stereocenters. The maximum absolute atomic E-state index is 11.7. The van der Waals surface area contributed by atoms with Gasteiger partial charge in [0.15, 0.2) is 0 Å². The molecule has 2 bridgehead atoms. The van der Waals surface area contributed by atoms with Gasteiger partial charge >= 0.3 is 0 Å². The number of fused-ring (bicyclic) bond motifs is 2. The minimum absolute atomic E-state index is 0.184. The molecular weight excluding hydrogens is 336 g/mol. The molecule has 0 amide bonds. The largest absolute Gasteiger partial charge is 0.491 e. The summed E-state index contributed by atoms with van der Waals surface area (Å²) in [5, 5.41) is 11.7. The predicted octanol–water partition coefficient (Wildman–Crippen LogP) is 3.99. The molecule has 1 N–H and O–H groups in total. The minimum Gasteiger partial charge on any atom is -0.491 e. The highest BCUT2D eigenvalue weighted by Crippen LogP contribution is 2.49. The van der Waals surface area contributed by atoms with Crippen LogP contribution in [-0.2, 0) is 12.1 Å². The number of rotatable bonds is 5. The fourth-order valence-corrected chi connectivity index (χ4v) is 4.99. The first-order valence-corrected chi connectivity index (χ1v) is 10.2. The third kappa shape index (κ3) is 3.74. The second kappa shape index (κ2) is 7.61. The van der Waals surface area contributed by atoms with E-state index in [2.05, 4.69) is 41.9 Å². The Kier molecular flexibility index (Phi) is 5.20. The van der Waals surface area contributed by atoms with Gasteiger partial charge in [0.25, 0.3) is 0 Å². The number of hydrogen-bond donors (Lipinski definition) is 1. The summed E-state index contributed by atoms with van der Waals surface area (Å²) in [5.74, 6) is 1.47. The minimum atomic E-state index is -0.731. The molecule has 2 heterocycles. The maximum Gasteiger partial charge on any atom is 0.120 e. The van der Waals surface area contributed by atoms with E-state index in [1.165, 1.54) is 12.0 Å². The number of hydrogen-bond acceptors (Lipinski definition) is 4. The summed E-state index contributed by atoms with van der Waals surface area (Å²) in [6.45, 7) is 6.87. The van der Waals surface area contributed by atoms with E-state index >= 15 is 0 Å². The van der Waals surface area contributed by atoms with Crippen molar-refractivity contribution in [3.63, 3.8) is 0 Å². The van der Waals surface area contributed by atoms with E-state index in [1.807, 2.05) is 24.4 Å². The van der Waals surface area contributed by atoms with Crippen LogP contribution in [0.25, 0.3) is 0 Å². The molecule has 0 radical (unpaired) electrons. The van der Waals surface area contributed by atoms with E-state index in [9.17, 15) is 5.11 Å². The van der Waals surface area contributed by atoms with Crippen LogP contribution in [0.15, 0.2) is 48.8 Å². The van der Waals surface area contributed by atoms with Crippen LogP contribution < -0.4 is 4.74 Å². The fourth-order valence-electron chi connectivity index (χ4n) is 4.99. The van der Waals surface area contributed by atoms with Crippen molar-refractivity contribution in [1.82, 2.24) is 9.88 Å². The Morgan fingerprint density at radius 3 is 2.63 bits per heavy atom. The molecular formula is C23H30N2O2. The summed E-state index contributed by atoms with van der Waals surface area (Å²) in [7, 11) is 0. The van der Waals surface area contributed by atoms with Crippen molar-refractivity contribution >= 4 is 0 Å². The second-order valence-electron chi connectivity index (χ2n) is 8.40. The topological polar surface area (TPSA) is 45.6 Å². The molecule has 144 valence electrons. The summed E-state index contributed by atoms with van der Waals surface area (Å²) in [5.41, 5.74) is 1.54. The lowest BCUT2D eigenvalue weighted by molar-refractivity contribution is -0.148. The van der Waals surface area contributed by atoms with E-state index in [0.717, 1.165) is 43.8 Å². The molecule has 1 saturated heterocycles. The zero-order chi connectivity index (χ0) is 18.9. The summed E-state index contributed by atoms with van der Waals surface area (Å²) in [6.07, 6.45) is 7.19. The highest BCUT2D eigenvalue weighted by atomic mass is 16.5. The first-order valence-electron chi connectivity index (χ1n) is 10.2. The molecule has 4 rings (SSSR count). The van der Waals surface area contributed by atoms with E-state index < -0.39 is 5.60 Å². The summed E-state index contributed by atoms with van der Waals surface area (Å²) >= 11 is 0. The lowest BCUT2D eigenvalue weighted by atomic mass is 9.63. The number of pyridine rings is 1. The van der Waals surface area contributed by atoms with Crippen LogP contribution >= 0.6 is 0 Å². The summed E-state index contributed by atoms with van der Waals surface area (Å²) in [4.78, 5) is 6.77. The predicted molar refractivity (Wildman–Crippen MR) is 106 cm³/mol. The van der Waals surface area contributed by atoms with Gasteiger partial charge in [-0.15, -0.1) is 0 Å². The SMILES string of the molecule is CC(C)Oc1cccc(CN2C[C@H]3CCC[C@@H](C2)C3(O)c2cccnc2)c1. The van der Waals surface area contributed by atoms with Gasteiger partial charge in [-0.3, -0.25) is 9.88 Å². The highest BCUT2D eigenvalue weighted by Gasteiger charge is 2.51. The number of nitrogens with zero attached hydrogens (tertiary/aromatic N) is 2. The van der Waals surface area contributed by atoms with Gasteiger partial charge in [0.2, 0.25) is 0 Å². The van der Waals surface area contributed by atoms with Crippen LogP contribution in [-0.4, -0.2) is 34.2 Å². The first kappa shape index (κ1) is 18.5. The lowest BCUT2D eigenvalue weighted by Gasteiger charge is -2.53. The normalized spacial score (nSPS) is 28.3. The van der Waals surface area contributed by atoms with Crippen molar-refractivity contribution in [1.29, 1.82) is 0 Å². The smallest absolute Gasteiger partial charge is 0.120 e. The zero-order valence-corrected chi connectivity index (χ0v) is 16.3. The summed E-state index contributed by atoms with van der Waals surface area (Å²) < 4.78 is 5.84. The number of piperidine rings is 1. The Hall–Kier alpha value is -1.91. The number of likely N-dealkylation sites (tertiary alicyclic amines) is 1. The quantitative estimate of drug-likeness (QED) is 0.869. The van der Waals surface area contributed by atoms with Crippen LogP contribution in [0.2, 0.25) is 0 Å². The van der Waals surface area contributed by atoms with E-state index in [-0.39, 0.29) is 17.9 Å². The van der Waals surface area contributed by atoms with Gasteiger partial charge in [-0.25, -0.2) is 0 Å². The van der Waals surface area contributed by atoms with Crippen LogP contribution in [0.3, 0.4) is 0 Å². The Balaban J connectivity index is 1.51. The molecule has 1 aromatic carbocycles. The maximum atomic E-state index is 11.7. The molecule has 27 heavy (non-hydrogen) atoms. The molecule has 1 saturated carbocycles. The van der Waals surface area contributed by atoms with Gasteiger partial charge in [-0.2, -0.15) is 0 Å². The Morgan fingerprint density at radius 1 is 1.19 bits per heavy atom. The molecule has 2 aromatic rings. The molecule has 0 spiro atoms. The van der Waals surface area contributed by atoms with Gasteiger partial charge in [-0.05, 0) is 50.5 Å². The Bertz CT molecular complexity index is 748. The van der Waals surface area contributed by atoms with Gasteiger partial charge in [0.1, 0.15) is 5.75 Å². The molecule has 1 aromatic heterocycles. The molecule has 1 aliphatic carbocycles. The van der Waals surface area contributed by atoms with E-state index in [1.54, 1.807) is 6.20 Å².